The minimum Gasteiger partial charge on any atom is -0.469 e. The number of aliphatic hydroxyl groups is 1. The number of aliphatic hydroxyl groups excluding tert-OH is 1. The quantitative estimate of drug-likeness (QED) is 0.808. The second-order valence-corrected chi connectivity index (χ2v) is 3.73. The Morgan fingerprint density at radius 3 is 2.80 bits per heavy atom. The molecular weight excluding hydrogens is 216 g/mol. The molecule has 0 aromatic heterocycles. The highest BCUT2D eigenvalue weighted by atomic mass is 35.5. The number of esters is 1. The van der Waals surface area contributed by atoms with Crippen molar-refractivity contribution in [2.45, 2.75) is 19.4 Å². The van der Waals surface area contributed by atoms with Gasteiger partial charge in [-0.25, -0.2) is 0 Å². The Morgan fingerprint density at radius 2 is 2.27 bits per heavy atom. The van der Waals surface area contributed by atoms with E-state index in [1.807, 2.05) is 6.92 Å². The normalized spacial score (nSPS) is 12.3. The van der Waals surface area contributed by atoms with E-state index in [9.17, 15) is 9.90 Å². The van der Waals surface area contributed by atoms with Crippen molar-refractivity contribution < 1.29 is 14.6 Å². The van der Waals surface area contributed by atoms with E-state index in [1.54, 1.807) is 18.2 Å². The minimum absolute atomic E-state index is 0.0427. The molecule has 0 aliphatic rings. The molecule has 0 radical (unpaired) electrons. The zero-order valence-corrected chi connectivity index (χ0v) is 9.41. The molecule has 0 heterocycles. The number of hydrogen-bond donors (Lipinski definition) is 1. The third kappa shape index (κ3) is 3.22. The van der Waals surface area contributed by atoms with Gasteiger partial charge < -0.3 is 9.84 Å². The summed E-state index contributed by atoms with van der Waals surface area (Å²) >= 11 is 5.78. The number of ether oxygens (including phenoxy) is 1. The molecule has 1 N–H and O–H groups in total. The first-order chi connectivity index (χ1) is 7.04. The van der Waals surface area contributed by atoms with Gasteiger partial charge >= 0.3 is 5.97 Å². The lowest BCUT2D eigenvalue weighted by atomic mass is 10.0. The number of carbonyl (C=O) groups excluding carboxylic acids is 1. The summed E-state index contributed by atoms with van der Waals surface area (Å²) in [6.45, 7) is 1.84. The molecule has 15 heavy (non-hydrogen) atoms. The third-order valence-electron chi connectivity index (χ3n) is 2.18. The zero-order chi connectivity index (χ0) is 11.4. The van der Waals surface area contributed by atoms with Gasteiger partial charge in [-0.1, -0.05) is 17.7 Å². The molecule has 0 aliphatic carbocycles. The lowest BCUT2D eigenvalue weighted by Crippen LogP contribution is -2.09. The van der Waals surface area contributed by atoms with Gasteiger partial charge in [0.05, 0.1) is 19.6 Å². The van der Waals surface area contributed by atoms with Crippen molar-refractivity contribution in [3.05, 3.63) is 34.3 Å². The molecule has 1 atom stereocenters. The lowest BCUT2D eigenvalue weighted by molar-refractivity contribution is -0.142. The smallest absolute Gasteiger partial charge is 0.308 e. The largest absolute Gasteiger partial charge is 0.469 e. The van der Waals surface area contributed by atoms with Gasteiger partial charge in [0.2, 0.25) is 0 Å². The summed E-state index contributed by atoms with van der Waals surface area (Å²) < 4.78 is 4.48. The van der Waals surface area contributed by atoms with Crippen LogP contribution in [0.1, 0.15) is 23.7 Å². The van der Waals surface area contributed by atoms with Crippen molar-refractivity contribution in [2.24, 2.45) is 0 Å². The maximum absolute atomic E-state index is 11.0. The second-order valence-electron chi connectivity index (χ2n) is 3.30. The molecule has 3 nitrogen and oxygen atoms in total. The van der Waals surface area contributed by atoms with Gasteiger partial charge in [-0.05, 0) is 30.2 Å². The predicted octanol–water partition coefficient (Wildman–Crippen LogP) is 2.24. The Labute approximate surface area is 93.6 Å². The van der Waals surface area contributed by atoms with Crippen LogP contribution in [0, 0.1) is 6.92 Å². The summed E-state index contributed by atoms with van der Waals surface area (Å²) in [5, 5.41) is 10.4. The Kier molecular flexibility index (Phi) is 4.12. The van der Waals surface area contributed by atoms with Gasteiger partial charge in [-0.15, -0.1) is 0 Å². The highest BCUT2D eigenvalue weighted by Crippen LogP contribution is 2.23. The lowest BCUT2D eigenvalue weighted by Gasteiger charge is -2.12. The van der Waals surface area contributed by atoms with Crippen LogP contribution in [0.4, 0.5) is 0 Å². The maximum Gasteiger partial charge on any atom is 0.308 e. The summed E-state index contributed by atoms with van der Waals surface area (Å²) in [7, 11) is 1.30. The standard InChI is InChI=1S/C11H13ClO3/c1-7-5-8(12)3-4-9(7)10(13)6-11(14)15-2/h3-5,10,13H,6H2,1-2H3/t10-/m1/s1. The fraction of sp³-hybridized carbons (Fsp3) is 0.364. The van der Waals surface area contributed by atoms with Crippen LogP contribution in [0.25, 0.3) is 0 Å². The summed E-state index contributed by atoms with van der Waals surface area (Å²) in [4.78, 5) is 11.0. The molecule has 0 unspecified atom stereocenters. The molecule has 0 saturated carbocycles. The van der Waals surface area contributed by atoms with E-state index in [2.05, 4.69) is 4.74 Å². The number of carbonyl (C=O) groups is 1. The molecule has 1 aromatic carbocycles. The number of rotatable bonds is 3. The molecule has 0 saturated heterocycles. The number of benzene rings is 1. The molecule has 0 amide bonds. The highest BCUT2D eigenvalue weighted by molar-refractivity contribution is 6.30. The molecule has 1 aromatic rings. The summed E-state index contributed by atoms with van der Waals surface area (Å²) in [5.41, 5.74) is 1.56. The van der Waals surface area contributed by atoms with Crippen LogP contribution in [0.15, 0.2) is 18.2 Å². The van der Waals surface area contributed by atoms with Gasteiger partial charge in [-0.2, -0.15) is 0 Å². The molecule has 0 aliphatic heterocycles. The average molecular weight is 229 g/mol. The molecule has 82 valence electrons. The van der Waals surface area contributed by atoms with E-state index in [-0.39, 0.29) is 6.42 Å². The number of hydrogen-bond acceptors (Lipinski definition) is 3. The van der Waals surface area contributed by atoms with Crippen molar-refractivity contribution in [2.75, 3.05) is 7.11 Å². The Bertz CT molecular complexity index is 363. The van der Waals surface area contributed by atoms with E-state index in [4.69, 9.17) is 11.6 Å². The fourth-order valence-electron chi connectivity index (χ4n) is 1.36. The Morgan fingerprint density at radius 1 is 1.60 bits per heavy atom. The van der Waals surface area contributed by atoms with Gasteiger partial charge in [-0.3, -0.25) is 4.79 Å². The molecular formula is C11H13ClO3. The number of aryl methyl sites for hydroxylation is 1. The van der Waals surface area contributed by atoms with Crippen molar-refractivity contribution in [3.63, 3.8) is 0 Å². The Balaban J connectivity index is 2.82. The van der Waals surface area contributed by atoms with E-state index in [0.717, 1.165) is 5.56 Å². The van der Waals surface area contributed by atoms with E-state index in [0.29, 0.717) is 10.6 Å². The topological polar surface area (TPSA) is 46.5 Å². The molecule has 4 heteroatoms. The van der Waals surface area contributed by atoms with Crippen LogP contribution in [0.2, 0.25) is 5.02 Å². The minimum atomic E-state index is -0.838. The maximum atomic E-state index is 11.0. The van der Waals surface area contributed by atoms with Crippen LogP contribution in [0.5, 0.6) is 0 Å². The van der Waals surface area contributed by atoms with Gasteiger partial charge in [0, 0.05) is 5.02 Å². The second kappa shape index (κ2) is 5.14. The van der Waals surface area contributed by atoms with Gasteiger partial charge in [0.15, 0.2) is 0 Å². The van der Waals surface area contributed by atoms with Gasteiger partial charge in [0.25, 0.3) is 0 Å². The molecule has 0 fully saturated rings. The summed E-state index contributed by atoms with van der Waals surface area (Å²) in [6.07, 6.45) is -0.881. The van der Waals surface area contributed by atoms with E-state index >= 15 is 0 Å². The van der Waals surface area contributed by atoms with E-state index < -0.39 is 12.1 Å². The van der Waals surface area contributed by atoms with Crippen LogP contribution < -0.4 is 0 Å². The highest BCUT2D eigenvalue weighted by Gasteiger charge is 2.15. The van der Waals surface area contributed by atoms with E-state index in [1.165, 1.54) is 7.11 Å². The number of halogens is 1. The monoisotopic (exact) mass is 228 g/mol. The summed E-state index contributed by atoms with van der Waals surface area (Å²) in [5.74, 6) is -0.433. The first kappa shape index (κ1) is 12.0. The molecule has 0 bridgehead atoms. The van der Waals surface area contributed by atoms with Crippen LogP contribution >= 0.6 is 11.6 Å². The first-order valence-electron chi connectivity index (χ1n) is 4.55. The fourth-order valence-corrected chi connectivity index (χ4v) is 1.59. The van der Waals surface area contributed by atoms with Crippen LogP contribution in [-0.4, -0.2) is 18.2 Å². The van der Waals surface area contributed by atoms with Crippen molar-refractivity contribution in [1.29, 1.82) is 0 Å². The zero-order valence-electron chi connectivity index (χ0n) is 8.66. The van der Waals surface area contributed by atoms with Crippen molar-refractivity contribution in [3.8, 4) is 0 Å². The summed E-state index contributed by atoms with van der Waals surface area (Å²) in [6, 6.07) is 5.15. The first-order valence-corrected chi connectivity index (χ1v) is 4.93. The van der Waals surface area contributed by atoms with Gasteiger partial charge in [0.1, 0.15) is 0 Å². The van der Waals surface area contributed by atoms with Crippen LogP contribution in [0.3, 0.4) is 0 Å². The molecule has 0 spiro atoms. The average Bonchev–Trinajstić information content (AvgIpc) is 2.17. The molecule has 1 rings (SSSR count). The third-order valence-corrected chi connectivity index (χ3v) is 2.41. The Hall–Kier alpha value is -1.06. The van der Waals surface area contributed by atoms with Crippen LogP contribution in [-0.2, 0) is 9.53 Å². The number of methoxy groups -OCH3 is 1. The predicted molar refractivity (Wildman–Crippen MR) is 57.8 cm³/mol. The van der Waals surface area contributed by atoms with Crippen molar-refractivity contribution >= 4 is 17.6 Å². The van der Waals surface area contributed by atoms with Crippen molar-refractivity contribution in [1.82, 2.24) is 0 Å². The SMILES string of the molecule is COC(=O)C[C@@H](O)c1ccc(Cl)cc1C.